The van der Waals surface area contributed by atoms with E-state index in [4.69, 9.17) is 9.52 Å². The molecule has 1 N–H and O–H groups in total. The Labute approximate surface area is 57.5 Å². The van der Waals surface area contributed by atoms with Crippen LogP contribution < -0.4 is 0 Å². The van der Waals surface area contributed by atoms with Crippen LogP contribution in [-0.2, 0) is 6.42 Å². The van der Waals surface area contributed by atoms with Gasteiger partial charge in [-0.15, -0.1) is 0 Å². The van der Waals surface area contributed by atoms with Gasteiger partial charge in [-0.3, -0.25) is 4.79 Å². The molecule has 0 saturated heterocycles. The van der Waals surface area contributed by atoms with Gasteiger partial charge in [0.05, 0.1) is 6.61 Å². The monoisotopic (exact) mass is 141 g/mol. The van der Waals surface area contributed by atoms with Crippen LogP contribution in [0.3, 0.4) is 0 Å². The summed E-state index contributed by atoms with van der Waals surface area (Å²) >= 11 is 0. The summed E-state index contributed by atoms with van der Waals surface area (Å²) in [6.07, 6.45) is 2.22. The number of nitrogens with zero attached hydrogens (tertiary/aromatic N) is 1. The number of hydrogen-bond acceptors (Lipinski definition) is 4. The third-order valence-electron chi connectivity index (χ3n) is 1.02. The third-order valence-corrected chi connectivity index (χ3v) is 1.02. The van der Waals surface area contributed by atoms with Crippen molar-refractivity contribution < 1.29 is 14.3 Å². The van der Waals surface area contributed by atoms with E-state index in [1.54, 1.807) is 0 Å². The lowest BCUT2D eigenvalue weighted by atomic mass is 10.4. The van der Waals surface area contributed by atoms with Gasteiger partial charge in [0.1, 0.15) is 12.0 Å². The molecule has 0 atom stereocenters. The molecule has 0 fully saturated rings. The predicted molar refractivity (Wildman–Crippen MR) is 32.7 cm³/mol. The average molecular weight is 141 g/mol. The molecule has 1 aromatic rings. The molecule has 54 valence electrons. The summed E-state index contributed by atoms with van der Waals surface area (Å²) in [6, 6.07) is 0. The number of aliphatic hydroxyl groups is 1. The van der Waals surface area contributed by atoms with Crippen LogP contribution in [0.2, 0.25) is 0 Å². The molecule has 0 aliphatic carbocycles. The number of aromatic nitrogens is 1. The molecule has 0 spiro atoms. The molecule has 1 rings (SSSR count). The van der Waals surface area contributed by atoms with Crippen molar-refractivity contribution in [1.82, 2.24) is 4.98 Å². The summed E-state index contributed by atoms with van der Waals surface area (Å²) in [7, 11) is 0. The van der Waals surface area contributed by atoms with E-state index in [0.717, 1.165) is 0 Å². The largest absolute Gasteiger partial charge is 0.448 e. The van der Waals surface area contributed by atoms with Crippen LogP contribution >= 0.6 is 0 Å². The minimum Gasteiger partial charge on any atom is -0.448 e. The zero-order chi connectivity index (χ0) is 7.40. The summed E-state index contributed by atoms with van der Waals surface area (Å²) in [5, 5.41) is 8.41. The first kappa shape index (κ1) is 6.95. The lowest BCUT2D eigenvalue weighted by Gasteiger charge is -1.84. The summed E-state index contributed by atoms with van der Waals surface area (Å²) in [4.78, 5) is 13.8. The Morgan fingerprint density at radius 1 is 1.80 bits per heavy atom. The number of hydrogen-bond donors (Lipinski definition) is 1. The van der Waals surface area contributed by atoms with E-state index in [0.29, 0.717) is 18.6 Å². The standard InChI is InChI=1S/C6H7NO3/c8-2-1-6-7-5(3-9)4-10-6/h3-4,8H,1-2H2. The molecule has 0 bridgehead atoms. The van der Waals surface area contributed by atoms with E-state index in [-0.39, 0.29) is 12.3 Å². The first-order valence-corrected chi connectivity index (χ1v) is 2.87. The maximum atomic E-state index is 10.0. The molecule has 10 heavy (non-hydrogen) atoms. The quantitative estimate of drug-likeness (QED) is 0.603. The van der Waals surface area contributed by atoms with Gasteiger partial charge < -0.3 is 9.52 Å². The van der Waals surface area contributed by atoms with Gasteiger partial charge in [-0.25, -0.2) is 4.98 Å². The fraction of sp³-hybridized carbons (Fsp3) is 0.333. The zero-order valence-corrected chi connectivity index (χ0v) is 5.28. The third kappa shape index (κ3) is 1.41. The van der Waals surface area contributed by atoms with Gasteiger partial charge in [-0.2, -0.15) is 0 Å². The highest BCUT2D eigenvalue weighted by Gasteiger charge is 1.99. The maximum absolute atomic E-state index is 10.0. The number of rotatable bonds is 3. The van der Waals surface area contributed by atoms with Gasteiger partial charge in [-0.1, -0.05) is 0 Å². The first-order chi connectivity index (χ1) is 4.86. The van der Waals surface area contributed by atoms with Gasteiger partial charge in [-0.05, 0) is 0 Å². The van der Waals surface area contributed by atoms with Crippen molar-refractivity contribution in [3.63, 3.8) is 0 Å². The van der Waals surface area contributed by atoms with Crippen molar-refractivity contribution in [3.05, 3.63) is 17.8 Å². The Morgan fingerprint density at radius 2 is 2.60 bits per heavy atom. The molecule has 0 radical (unpaired) electrons. The summed E-state index contributed by atoms with van der Waals surface area (Å²) in [6.45, 7) is -0.0151. The molecule has 4 nitrogen and oxygen atoms in total. The number of aldehydes is 1. The van der Waals surface area contributed by atoms with E-state index in [9.17, 15) is 4.79 Å². The van der Waals surface area contributed by atoms with Crippen LogP contribution in [0.1, 0.15) is 16.4 Å². The SMILES string of the molecule is O=Cc1coc(CCO)n1. The number of aliphatic hydroxyl groups excluding tert-OH is 1. The van der Waals surface area contributed by atoms with Gasteiger partial charge >= 0.3 is 0 Å². The molecule has 0 aliphatic heterocycles. The van der Waals surface area contributed by atoms with E-state index in [1.165, 1.54) is 6.26 Å². The lowest BCUT2D eigenvalue weighted by molar-refractivity contribution is 0.111. The topological polar surface area (TPSA) is 63.3 Å². The Balaban J connectivity index is 2.68. The molecular formula is C6H7NO3. The van der Waals surface area contributed by atoms with Gasteiger partial charge in [0.15, 0.2) is 12.2 Å². The van der Waals surface area contributed by atoms with Crippen molar-refractivity contribution in [3.8, 4) is 0 Å². The molecule has 1 aromatic heterocycles. The number of oxazole rings is 1. The molecule has 0 aromatic carbocycles. The highest BCUT2D eigenvalue weighted by Crippen LogP contribution is 1.98. The van der Waals surface area contributed by atoms with E-state index in [2.05, 4.69) is 4.98 Å². The highest BCUT2D eigenvalue weighted by atomic mass is 16.3. The van der Waals surface area contributed by atoms with E-state index < -0.39 is 0 Å². The van der Waals surface area contributed by atoms with Crippen LogP contribution in [0.15, 0.2) is 10.7 Å². The van der Waals surface area contributed by atoms with Gasteiger partial charge in [0.25, 0.3) is 0 Å². The van der Waals surface area contributed by atoms with Crippen LogP contribution in [0.5, 0.6) is 0 Å². The Bertz CT molecular complexity index is 219. The molecule has 0 unspecified atom stereocenters. The van der Waals surface area contributed by atoms with Crippen molar-refractivity contribution in [2.45, 2.75) is 6.42 Å². The van der Waals surface area contributed by atoms with Crippen LogP contribution in [0.25, 0.3) is 0 Å². The number of carbonyl (C=O) groups is 1. The second kappa shape index (κ2) is 3.12. The molecule has 0 saturated carbocycles. The fourth-order valence-corrected chi connectivity index (χ4v) is 0.590. The molecular weight excluding hydrogens is 134 g/mol. The first-order valence-electron chi connectivity index (χ1n) is 2.87. The molecule has 0 aliphatic rings. The summed E-state index contributed by atoms with van der Waals surface area (Å²) in [5.74, 6) is 0.393. The van der Waals surface area contributed by atoms with Crippen LogP contribution in [0.4, 0.5) is 0 Å². The van der Waals surface area contributed by atoms with E-state index in [1.807, 2.05) is 0 Å². The normalized spacial score (nSPS) is 9.70. The van der Waals surface area contributed by atoms with Crippen molar-refractivity contribution in [1.29, 1.82) is 0 Å². The Morgan fingerprint density at radius 3 is 3.10 bits per heavy atom. The molecule has 1 heterocycles. The molecule has 4 heteroatoms. The predicted octanol–water partition coefficient (Wildman–Crippen LogP) is 0.0219. The Kier molecular flexibility index (Phi) is 2.17. The summed E-state index contributed by atoms with van der Waals surface area (Å²) < 4.78 is 4.79. The van der Waals surface area contributed by atoms with Crippen molar-refractivity contribution in [2.24, 2.45) is 0 Å². The minimum atomic E-state index is -0.0151. The molecule has 0 amide bonds. The zero-order valence-electron chi connectivity index (χ0n) is 5.28. The van der Waals surface area contributed by atoms with Gasteiger partial charge in [0, 0.05) is 6.42 Å². The van der Waals surface area contributed by atoms with Crippen LogP contribution in [-0.4, -0.2) is 23.0 Å². The maximum Gasteiger partial charge on any atom is 0.196 e. The fourth-order valence-electron chi connectivity index (χ4n) is 0.590. The smallest absolute Gasteiger partial charge is 0.196 e. The minimum absolute atomic E-state index is 0.0151. The second-order valence-electron chi connectivity index (χ2n) is 1.76. The number of carbonyl (C=O) groups excluding carboxylic acids is 1. The van der Waals surface area contributed by atoms with E-state index >= 15 is 0 Å². The second-order valence-corrected chi connectivity index (χ2v) is 1.76. The van der Waals surface area contributed by atoms with Crippen molar-refractivity contribution >= 4 is 6.29 Å². The van der Waals surface area contributed by atoms with Crippen LogP contribution in [0, 0.1) is 0 Å². The highest BCUT2D eigenvalue weighted by molar-refractivity contribution is 5.70. The summed E-state index contributed by atoms with van der Waals surface area (Å²) in [5.41, 5.74) is 0.267. The average Bonchev–Trinajstić information content (AvgIpc) is 2.37. The lowest BCUT2D eigenvalue weighted by Crippen LogP contribution is -1.90. The Hall–Kier alpha value is -1.16. The van der Waals surface area contributed by atoms with Crippen molar-refractivity contribution in [2.75, 3.05) is 6.61 Å². The van der Waals surface area contributed by atoms with Gasteiger partial charge in [0.2, 0.25) is 0 Å².